The van der Waals surface area contributed by atoms with E-state index in [-0.39, 0.29) is 5.41 Å². The minimum Gasteiger partial charge on any atom is -0.396 e. The van der Waals surface area contributed by atoms with Gasteiger partial charge in [-0.05, 0) is 25.8 Å². The Balaban J connectivity index is 1.67. The summed E-state index contributed by atoms with van der Waals surface area (Å²) in [5.41, 5.74) is 0.266. The van der Waals surface area contributed by atoms with E-state index in [0.29, 0.717) is 12.6 Å². The highest BCUT2D eigenvalue weighted by atomic mass is 16.3. The van der Waals surface area contributed by atoms with Crippen LogP contribution in [0.4, 0.5) is 0 Å². The van der Waals surface area contributed by atoms with Crippen molar-refractivity contribution in [1.82, 2.24) is 10.6 Å². The van der Waals surface area contributed by atoms with Crippen LogP contribution in [0.3, 0.4) is 0 Å². The third kappa shape index (κ3) is 1.79. The largest absolute Gasteiger partial charge is 0.396 e. The zero-order valence-electron chi connectivity index (χ0n) is 7.47. The van der Waals surface area contributed by atoms with Crippen molar-refractivity contribution in [1.29, 1.82) is 0 Å². The van der Waals surface area contributed by atoms with E-state index in [1.54, 1.807) is 0 Å². The highest BCUT2D eigenvalue weighted by Gasteiger charge is 2.41. The molecule has 1 atom stereocenters. The van der Waals surface area contributed by atoms with Crippen LogP contribution in [0.1, 0.15) is 19.3 Å². The molecule has 1 heterocycles. The normalized spacial score (nSPS) is 32.2. The first kappa shape index (κ1) is 8.48. The van der Waals surface area contributed by atoms with Crippen molar-refractivity contribution in [3.8, 4) is 0 Å². The van der Waals surface area contributed by atoms with Gasteiger partial charge in [-0.1, -0.05) is 0 Å². The summed E-state index contributed by atoms with van der Waals surface area (Å²) in [7, 11) is 0. The minimum atomic E-state index is 0.266. The van der Waals surface area contributed by atoms with Gasteiger partial charge in [-0.3, -0.25) is 0 Å². The van der Waals surface area contributed by atoms with Gasteiger partial charge in [0, 0.05) is 31.2 Å². The van der Waals surface area contributed by atoms with Gasteiger partial charge in [0.05, 0.1) is 0 Å². The van der Waals surface area contributed by atoms with Crippen LogP contribution in [0, 0.1) is 5.41 Å². The Morgan fingerprint density at radius 2 is 2.33 bits per heavy atom. The van der Waals surface area contributed by atoms with Crippen molar-refractivity contribution in [3.63, 3.8) is 0 Å². The van der Waals surface area contributed by atoms with Crippen LogP contribution in [0.25, 0.3) is 0 Å². The van der Waals surface area contributed by atoms with Gasteiger partial charge in [-0.25, -0.2) is 0 Å². The molecule has 3 nitrogen and oxygen atoms in total. The lowest BCUT2D eigenvalue weighted by molar-refractivity contribution is 0.204. The second-order valence-corrected chi connectivity index (χ2v) is 4.23. The second-order valence-electron chi connectivity index (χ2n) is 4.23. The molecule has 2 fully saturated rings. The summed E-state index contributed by atoms with van der Waals surface area (Å²) in [6, 6.07) is 0.647. The Kier molecular flexibility index (Phi) is 2.35. The zero-order chi connectivity index (χ0) is 8.44. The third-order valence-corrected chi connectivity index (χ3v) is 3.12. The molecule has 0 radical (unpaired) electrons. The monoisotopic (exact) mass is 170 g/mol. The van der Waals surface area contributed by atoms with E-state index in [0.717, 1.165) is 19.6 Å². The molecular formula is C9H18N2O. The summed E-state index contributed by atoms with van der Waals surface area (Å²) >= 11 is 0. The summed E-state index contributed by atoms with van der Waals surface area (Å²) in [6.45, 7) is 3.61. The molecule has 0 aromatic rings. The fourth-order valence-corrected chi connectivity index (χ4v) is 1.76. The summed E-state index contributed by atoms with van der Waals surface area (Å²) in [6.07, 6.45) is 3.65. The molecule has 1 aliphatic heterocycles. The summed E-state index contributed by atoms with van der Waals surface area (Å²) in [4.78, 5) is 0. The fourth-order valence-electron chi connectivity index (χ4n) is 1.76. The van der Waals surface area contributed by atoms with E-state index in [2.05, 4.69) is 10.6 Å². The van der Waals surface area contributed by atoms with E-state index in [1.165, 1.54) is 19.3 Å². The first-order valence-corrected chi connectivity index (χ1v) is 4.90. The minimum absolute atomic E-state index is 0.266. The highest BCUT2D eigenvalue weighted by molar-refractivity contribution is 4.95. The first-order chi connectivity index (χ1) is 5.85. The van der Waals surface area contributed by atoms with E-state index < -0.39 is 0 Å². The van der Waals surface area contributed by atoms with Gasteiger partial charge < -0.3 is 15.7 Å². The zero-order valence-corrected chi connectivity index (χ0v) is 7.47. The maximum absolute atomic E-state index is 9.07. The van der Waals surface area contributed by atoms with Crippen LogP contribution in [-0.4, -0.2) is 37.4 Å². The summed E-state index contributed by atoms with van der Waals surface area (Å²) in [5, 5.41) is 15.9. The maximum atomic E-state index is 9.07. The second kappa shape index (κ2) is 3.32. The SMILES string of the molecule is OCC1(CNC2CCNC2)CC1. The first-order valence-electron chi connectivity index (χ1n) is 4.90. The van der Waals surface area contributed by atoms with E-state index in [1.807, 2.05) is 0 Å². The molecule has 1 saturated heterocycles. The smallest absolute Gasteiger partial charge is 0.0499 e. The molecule has 70 valence electrons. The quantitative estimate of drug-likeness (QED) is 0.543. The predicted octanol–water partition coefficient (Wildman–Crippen LogP) is -0.290. The van der Waals surface area contributed by atoms with Crippen LogP contribution < -0.4 is 10.6 Å². The molecule has 1 saturated carbocycles. The lowest BCUT2D eigenvalue weighted by atomic mass is 10.1. The lowest BCUT2D eigenvalue weighted by Gasteiger charge is -2.16. The van der Waals surface area contributed by atoms with Crippen LogP contribution >= 0.6 is 0 Å². The Morgan fingerprint density at radius 3 is 2.83 bits per heavy atom. The van der Waals surface area contributed by atoms with Crippen LogP contribution in [0.2, 0.25) is 0 Å². The molecule has 2 aliphatic rings. The molecule has 0 aromatic carbocycles. The number of aliphatic hydroxyl groups is 1. The Bertz CT molecular complexity index is 151. The average Bonchev–Trinajstić information content (AvgIpc) is 2.70. The Hall–Kier alpha value is -0.120. The van der Waals surface area contributed by atoms with Gasteiger partial charge in [0.1, 0.15) is 0 Å². The van der Waals surface area contributed by atoms with Crippen molar-refractivity contribution < 1.29 is 5.11 Å². The van der Waals surface area contributed by atoms with E-state index >= 15 is 0 Å². The lowest BCUT2D eigenvalue weighted by Crippen LogP contribution is -2.36. The molecule has 0 aromatic heterocycles. The molecule has 1 unspecified atom stereocenters. The number of hydrogen-bond donors (Lipinski definition) is 3. The van der Waals surface area contributed by atoms with Crippen molar-refractivity contribution in [3.05, 3.63) is 0 Å². The molecule has 3 N–H and O–H groups in total. The number of aliphatic hydroxyl groups excluding tert-OH is 1. The molecular weight excluding hydrogens is 152 g/mol. The molecule has 12 heavy (non-hydrogen) atoms. The Labute approximate surface area is 73.5 Å². The topological polar surface area (TPSA) is 44.3 Å². The van der Waals surface area contributed by atoms with Crippen LogP contribution in [0.15, 0.2) is 0 Å². The predicted molar refractivity (Wildman–Crippen MR) is 48.0 cm³/mol. The average molecular weight is 170 g/mol. The summed E-state index contributed by atoms with van der Waals surface area (Å²) in [5.74, 6) is 0. The van der Waals surface area contributed by atoms with Crippen molar-refractivity contribution in [2.75, 3.05) is 26.2 Å². The van der Waals surface area contributed by atoms with Gasteiger partial charge in [0.25, 0.3) is 0 Å². The van der Waals surface area contributed by atoms with Crippen LogP contribution in [-0.2, 0) is 0 Å². The molecule has 3 heteroatoms. The molecule has 0 amide bonds. The molecule has 0 bridgehead atoms. The number of rotatable bonds is 4. The van der Waals surface area contributed by atoms with Gasteiger partial charge >= 0.3 is 0 Å². The van der Waals surface area contributed by atoms with Crippen molar-refractivity contribution in [2.24, 2.45) is 5.41 Å². The van der Waals surface area contributed by atoms with Gasteiger partial charge in [-0.15, -0.1) is 0 Å². The summed E-state index contributed by atoms with van der Waals surface area (Å²) < 4.78 is 0. The fraction of sp³-hybridized carbons (Fsp3) is 1.00. The van der Waals surface area contributed by atoms with E-state index in [4.69, 9.17) is 5.11 Å². The maximum Gasteiger partial charge on any atom is 0.0499 e. The number of nitrogens with one attached hydrogen (secondary N) is 2. The van der Waals surface area contributed by atoms with Gasteiger partial charge in [-0.2, -0.15) is 0 Å². The van der Waals surface area contributed by atoms with Gasteiger partial charge in [0.15, 0.2) is 0 Å². The molecule has 2 rings (SSSR count). The molecule has 0 spiro atoms. The standard InChI is InChI=1S/C9H18N2O/c12-7-9(2-3-9)6-11-8-1-4-10-5-8/h8,10-12H,1-7H2. The van der Waals surface area contributed by atoms with Crippen molar-refractivity contribution >= 4 is 0 Å². The Morgan fingerprint density at radius 1 is 1.50 bits per heavy atom. The van der Waals surface area contributed by atoms with Crippen molar-refractivity contribution in [2.45, 2.75) is 25.3 Å². The van der Waals surface area contributed by atoms with Gasteiger partial charge in [0.2, 0.25) is 0 Å². The third-order valence-electron chi connectivity index (χ3n) is 3.12. The highest BCUT2D eigenvalue weighted by Crippen LogP contribution is 2.44. The molecule has 1 aliphatic carbocycles. The number of hydrogen-bond acceptors (Lipinski definition) is 3. The van der Waals surface area contributed by atoms with E-state index in [9.17, 15) is 0 Å². The van der Waals surface area contributed by atoms with Crippen LogP contribution in [0.5, 0.6) is 0 Å².